The molecule has 0 atom stereocenters. The Morgan fingerprint density at radius 2 is 1.87 bits per heavy atom. The summed E-state index contributed by atoms with van der Waals surface area (Å²) >= 11 is 0. The lowest BCUT2D eigenvalue weighted by molar-refractivity contribution is 1.17. The molecule has 0 unspecified atom stereocenters. The molecule has 0 aliphatic rings. The highest BCUT2D eigenvalue weighted by atomic mass is 15.0. The van der Waals surface area contributed by atoms with Gasteiger partial charge in [0.25, 0.3) is 0 Å². The normalized spacial score (nSPS) is 11.2. The van der Waals surface area contributed by atoms with Gasteiger partial charge in [0.05, 0.1) is 5.52 Å². The standard InChI is InChI=1S/C22H21N/c1-4-6-10-17(3)23-16-18(5-2)21-15-20(13-14-22(21)23)19-11-8-7-9-12-19/h5-16H,2-4H2,1H3/b10-6-. The Bertz CT molecular complexity index is 879. The van der Waals surface area contributed by atoms with Crippen LogP contribution in [0.5, 0.6) is 0 Å². The quantitative estimate of drug-likeness (QED) is 0.481. The van der Waals surface area contributed by atoms with Crippen molar-refractivity contribution in [3.05, 3.63) is 85.6 Å². The first-order valence-electron chi connectivity index (χ1n) is 7.93. The van der Waals surface area contributed by atoms with E-state index in [2.05, 4.69) is 85.5 Å². The van der Waals surface area contributed by atoms with Crippen LogP contribution in [0, 0.1) is 0 Å². The van der Waals surface area contributed by atoms with E-state index in [0.29, 0.717) is 0 Å². The van der Waals surface area contributed by atoms with Gasteiger partial charge in [0.2, 0.25) is 0 Å². The third kappa shape index (κ3) is 2.91. The molecule has 1 aromatic heterocycles. The van der Waals surface area contributed by atoms with Crippen molar-refractivity contribution in [3.63, 3.8) is 0 Å². The number of allylic oxidation sites excluding steroid dienone is 3. The van der Waals surface area contributed by atoms with E-state index >= 15 is 0 Å². The monoisotopic (exact) mass is 299 g/mol. The van der Waals surface area contributed by atoms with Gasteiger partial charge in [-0.2, -0.15) is 0 Å². The average Bonchev–Trinajstić information content (AvgIpc) is 2.98. The van der Waals surface area contributed by atoms with Crippen molar-refractivity contribution >= 4 is 22.7 Å². The molecule has 0 saturated heterocycles. The lowest BCUT2D eigenvalue weighted by Crippen LogP contribution is -1.90. The minimum absolute atomic E-state index is 0.970. The molecule has 3 aromatic rings. The highest BCUT2D eigenvalue weighted by molar-refractivity contribution is 5.95. The Labute approximate surface area is 137 Å². The lowest BCUT2D eigenvalue weighted by atomic mass is 10.0. The van der Waals surface area contributed by atoms with Crippen LogP contribution < -0.4 is 0 Å². The molecule has 0 aliphatic heterocycles. The van der Waals surface area contributed by atoms with E-state index in [-0.39, 0.29) is 0 Å². The molecule has 1 nitrogen and oxygen atoms in total. The number of fused-ring (bicyclic) bond motifs is 1. The van der Waals surface area contributed by atoms with E-state index in [4.69, 9.17) is 0 Å². The van der Waals surface area contributed by atoms with Crippen molar-refractivity contribution in [1.82, 2.24) is 4.57 Å². The maximum Gasteiger partial charge on any atom is 0.0534 e. The highest BCUT2D eigenvalue weighted by Crippen LogP contribution is 2.30. The fourth-order valence-electron chi connectivity index (χ4n) is 2.80. The van der Waals surface area contributed by atoms with Crippen molar-refractivity contribution in [1.29, 1.82) is 0 Å². The molecule has 1 heteroatoms. The molecule has 3 rings (SSSR count). The summed E-state index contributed by atoms with van der Waals surface area (Å²) < 4.78 is 2.13. The smallest absolute Gasteiger partial charge is 0.0534 e. The van der Waals surface area contributed by atoms with Crippen LogP contribution >= 0.6 is 0 Å². The minimum atomic E-state index is 0.970. The van der Waals surface area contributed by atoms with E-state index in [1.165, 1.54) is 16.5 Å². The van der Waals surface area contributed by atoms with Crippen LogP contribution in [-0.2, 0) is 0 Å². The van der Waals surface area contributed by atoms with Gasteiger partial charge in [0.15, 0.2) is 0 Å². The Balaban J connectivity index is 2.15. The average molecular weight is 299 g/mol. The van der Waals surface area contributed by atoms with Crippen LogP contribution in [0.25, 0.3) is 33.8 Å². The fourth-order valence-corrected chi connectivity index (χ4v) is 2.80. The molecule has 0 aliphatic carbocycles. The molecule has 0 saturated carbocycles. The Morgan fingerprint density at radius 3 is 2.57 bits per heavy atom. The van der Waals surface area contributed by atoms with Gasteiger partial charge in [-0.05, 0) is 41.3 Å². The molecule has 0 fully saturated rings. The fraction of sp³-hybridized carbons (Fsp3) is 0.0909. The van der Waals surface area contributed by atoms with Crippen LogP contribution in [0.4, 0.5) is 0 Å². The number of aromatic nitrogens is 1. The van der Waals surface area contributed by atoms with E-state index < -0.39 is 0 Å². The summed E-state index contributed by atoms with van der Waals surface area (Å²) in [6.45, 7) is 10.3. The summed E-state index contributed by atoms with van der Waals surface area (Å²) in [6, 6.07) is 17.0. The molecular formula is C22H21N. The third-order valence-electron chi connectivity index (χ3n) is 4.02. The molecule has 114 valence electrons. The van der Waals surface area contributed by atoms with Crippen molar-refractivity contribution in [2.24, 2.45) is 0 Å². The molecular weight excluding hydrogens is 278 g/mol. The first-order chi connectivity index (χ1) is 11.2. The van der Waals surface area contributed by atoms with E-state index in [0.717, 1.165) is 23.2 Å². The zero-order valence-corrected chi connectivity index (χ0v) is 13.5. The summed E-state index contributed by atoms with van der Waals surface area (Å²) in [6.07, 6.45) is 9.21. The van der Waals surface area contributed by atoms with Crippen molar-refractivity contribution in [2.75, 3.05) is 0 Å². The summed E-state index contributed by atoms with van der Waals surface area (Å²) in [7, 11) is 0. The molecule has 23 heavy (non-hydrogen) atoms. The zero-order chi connectivity index (χ0) is 16.2. The molecule has 0 spiro atoms. The largest absolute Gasteiger partial charge is 0.317 e. The second-order valence-electron chi connectivity index (χ2n) is 5.56. The van der Waals surface area contributed by atoms with Gasteiger partial charge in [0, 0.05) is 17.3 Å². The van der Waals surface area contributed by atoms with Crippen molar-refractivity contribution in [2.45, 2.75) is 13.3 Å². The number of rotatable bonds is 5. The Morgan fingerprint density at radius 1 is 1.09 bits per heavy atom. The van der Waals surface area contributed by atoms with Crippen LogP contribution in [0.1, 0.15) is 18.9 Å². The summed E-state index contributed by atoms with van der Waals surface area (Å²) in [5.41, 5.74) is 5.70. The summed E-state index contributed by atoms with van der Waals surface area (Å²) in [5.74, 6) is 0. The first kappa shape index (κ1) is 15.1. The predicted molar refractivity (Wildman–Crippen MR) is 102 cm³/mol. The number of benzene rings is 2. The lowest BCUT2D eigenvalue weighted by Gasteiger charge is -2.06. The SMILES string of the molecule is C=Cc1cn(C(=C)/C=C\CC)c2ccc(-c3ccccc3)cc12. The van der Waals surface area contributed by atoms with Gasteiger partial charge in [-0.25, -0.2) is 0 Å². The van der Waals surface area contributed by atoms with Crippen LogP contribution in [0.3, 0.4) is 0 Å². The van der Waals surface area contributed by atoms with Gasteiger partial charge in [-0.3, -0.25) is 0 Å². The Hall–Kier alpha value is -2.80. The zero-order valence-electron chi connectivity index (χ0n) is 13.5. The van der Waals surface area contributed by atoms with Gasteiger partial charge >= 0.3 is 0 Å². The first-order valence-corrected chi connectivity index (χ1v) is 7.93. The van der Waals surface area contributed by atoms with Gasteiger partial charge < -0.3 is 4.57 Å². The van der Waals surface area contributed by atoms with E-state index in [9.17, 15) is 0 Å². The molecule has 0 bridgehead atoms. The second kappa shape index (κ2) is 6.53. The molecule has 0 N–H and O–H groups in total. The van der Waals surface area contributed by atoms with Gasteiger partial charge in [-0.15, -0.1) is 0 Å². The third-order valence-corrected chi connectivity index (χ3v) is 4.02. The molecule has 2 aromatic carbocycles. The number of nitrogens with zero attached hydrogens (tertiary/aromatic N) is 1. The maximum atomic E-state index is 4.18. The molecule has 0 amide bonds. The van der Waals surface area contributed by atoms with E-state index in [1.54, 1.807) is 0 Å². The van der Waals surface area contributed by atoms with Crippen molar-refractivity contribution < 1.29 is 0 Å². The predicted octanol–water partition coefficient (Wildman–Crippen LogP) is 6.39. The summed E-state index contributed by atoms with van der Waals surface area (Å²) in [4.78, 5) is 0. The minimum Gasteiger partial charge on any atom is -0.317 e. The maximum absolute atomic E-state index is 4.18. The number of hydrogen-bond donors (Lipinski definition) is 0. The van der Waals surface area contributed by atoms with E-state index in [1.807, 2.05) is 12.1 Å². The van der Waals surface area contributed by atoms with Gasteiger partial charge in [0.1, 0.15) is 0 Å². The summed E-state index contributed by atoms with van der Waals surface area (Å²) in [5, 5.41) is 1.20. The number of hydrogen-bond acceptors (Lipinski definition) is 0. The highest BCUT2D eigenvalue weighted by Gasteiger charge is 2.09. The van der Waals surface area contributed by atoms with Crippen molar-refractivity contribution in [3.8, 4) is 11.1 Å². The molecule has 1 heterocycles. The van der Waals surface area contributed by atoms with Crippen LogP contribution in [0.15, 0.2) is 80.0 Å². The Kier molecular flexibility index (Phi) is 4.29. The van der Waals surface area contributed by atoms with Crippen LogP contribution in [0.2, 0.25) is 0 Å². The van der Waals surface area contributed by atoms with Gasteiger partial charge in [-0.1, -0.05) is 68.6 Å². The molecule has 0 radical (unpaired) electrons. The topological polar surface area (TPSA) is 4.93 Å². The second-order valence-corrected chi connectivity index (χ2v) is 5.56. The van der Waals surface area contributed by atoms with Crippen LogP contribution in [-0.4, -0.2) is 4.57 Å².